The molecule has 25 heavy (non-hydrogen) atoms. The van der Waals surface area contributed by atoms with Crippen molar-refractivity contribution in [2.45, 2.75) is 26.3 Å². The molecule has 9 heteroatoms. The second kappa shape index (κ2) is 13.5. The van der Waals surface area contributed by atoms with Crippen LogP contribution in [0.15, 0.2) is 29.3 Å². The van der Waals surface area contributed by atoms with Crippen LogP contribution in [0.5, 0.6) is 0 Å². The van der Waals surface area contributed by atoms with E-state index in [0.717, 1.165) is 37.3 Å². The molecule has 0 aliphatic carbocycles. The van der Waals surface area contributed by atoms with Gasteiger partial charge in [-0.1, -0.05) is 18.2 Å². The average Bonchev–Trinajstić information content (AvgIpc) is 2.52. The SMILES string of the molecule is CCNC(=NCc1ccccc1NS(C)(=O)=O)NCCCCSC.I. The predicted octanol–water partition coefficient (Wildman–Crippen LogP) is 2.87. The molecule has 1 rings (SSSR count). The van der Waals surface area contributed by atoms with Crippen molar-refractivity contribution < 1.29 is 8.42 Å². The number of unbranched alkanes of at least 4 members (excludes halogenated alkanes) is 1. The van der Waals surface area contributed by atoms with E-state index >= 15 is 0 Å². The molecule has 0 radical (unpaired) electrons. The number of benzene rings is 1. The van der Waals surface area contributed by atoms with Crippen LogP contribution in [-0.4, -0.2) is 45.7 Å². The molecule has 0 unspecified atom stereocenters. The number of rotatable bonds is 10. The molecule has 6 nitrogen and oxygen atoms in total. The molecule has 1 aromatic carbocycles. The first-order valence-corrected chi connectivity index (χ1v) is 11.3. The maximum absolute atomic E-state index is 11.4. The number of hydrogen-bond donors (Lipinski definition) is 3. The van der Waals surface area contributed by atoms with Crippen LogP contribution in [-0.2, 0) is 16.6 Å². The topological polar surface area (TPSA) is 82.6 Å². The van der Waals surface area contributed by atoms with E-state index in [2.05, 4.69) is 26.6 Å². The van der Waals surface area contributed by atoms with Gasteiger partial charge in [-0.05, 0) is 43.4 Å². The van der Waals surface area contributed by atoms with Crippen molar-refractivity contribution in [1.29, 1.82) is 0 Å². The third-order valence-corrected chi connectivity index (χ3v) is 4.42. The van der Waals surface area contributed by atoms with Crippen molar-refractivity contribution in [2.75, 3.05) is 36.1 Å². The van der Waals surface area contributed by atoms with E-state index in [1.807, 2.05) is 30.8 Å². The minimum Gasteiger partial charge on any atom is -0.357 e. The van der Waals surface area contributed by atoms with Crippen molar-refractivity contribution in [3.63, 3.8) is 0 Å². The Morgan fingerprint density at radius 1 is 1.20 bits per heavy atom. The summed E-state index contributed by atoms with van der Waals surface area (Å²) in [6, 6.07) is 7.30. The molecule has 0 saturated heterocycles. The van der Waals surface area contributed by atoms with Crippen LogP contribution in [0.1, 0.15) is 25.3 Å². The van der Waals surface area contributed by atoms with E-state index in [-0.39, 0.29) is 24.0 Å². The molecule has 0 aliphatic heterocycles. The van der Waals surface area contributed by atoms with Gasteiger partial charge in [-0.25, -0.2) is 13.4 Å². The Morgan fingerprint density at radius 2 is 1.92 bits per heavy atom. The molecular formula is C16H29IN4O2S2. The Bertz CT molecular complexity index is 624. The first-order valence-electron chi connectivity index (χ1n) is 8.03. The lowest BCUT2D eigenvalue weighted by atomic mass is 10.2. The van der Waals surface area contributed by atoms with Gasteiger partial charge in [-0.2, -0.15) is 11.8 Å². The van der Waals surface area contributed by atoms with Gasteiger partial charge in [0.1, 0.15) is 0 Å². The fourth-order valence-corrected chi connectivity index (χ4v) is 3.13. The van der Waals surface area contributed by atoms with Crippen LogP contribution < -0.4 is 15.4 Å². The quantitative estimate of drug-likeness (QED) is 0.199. The highest BCUT2D eigenvalue weighted by Crippen LogP contribution is 2.17. The Balaban J connectivity index is 0.00000576. The standard InChI is InChI=1S/C16H28N4O2S2.HI/c1-4-17-16(18-11-7-8-12-23-2)19-13-14-9-5-6-10-15(14)20-24(3,21)22;/h5-6,9-10,20H,4,7-8,11-13H2,1-3H3,(H2,17,18,19);1H. The Hall–Kier alpha value is -0.680. The maximum Gasteiger partial charge on any atom is 0.229 e. The number of para-hydroxylation sites is 1. The molecule has 1 aromatic rings. The van der Waals surface area contributed by atoms with Crippen molar-refractivity contribution >= 4 is 57.4 Å². The summed E-state index contributed by atoms with van der Waals surface area (Å²) in [6.45, 7) is 4.07. The fourth-order valence-electron chi connectivity index (χ4n) is 2.04. The predicted molar refractivity (Wildman–Crippen MR) is 121 cm³/mol. The molecule has 144 valence electrons. The van der Waals surface area contributed by atoms with Crippen LogP contribution >= 0.6 is 35.7 Å². The molecule has 0 bridgehead atoms. The summed E-state index contributed by atoms with van der Waals surface area (Å²) in [5, 5.41) is 6.52. The van der Waals surface area contributed by atoms with Crippen molar-refractivity contribution in [1.82, 2.24) is 10.6 Å². The monoisotopic (exact) mass is 500 g/mol. The Morgan fingerprint density at radius 3 is 2.56 bits per heavy atom. The molecule has 0 atom stereocenters. The van der Waals surface area contributed by atoms with Gasteiger partial charge in [0.2, 0.25) is 10.0 Å². The minimum absolute atomic E-state index is 0. The summed E-state index contributed by atoms with van der Waals surface area (Å²) in [5.41, 5.74) is 1.40. The highest BCUT2D eigenvalue weighted by Gasteiger charge is 2.07. The maximum atomic E-state index is 11.4. The van der Waals surface area contributed by atoms with Gasteiger partial charge >= 0.3 is 0 Å². The normalized spacial score (nSPS) is 11.6. The molecule has 3 N–H and O–H groups in total. The number of thioether (sulfide) groups is 1. The summed E-state index contributed by atoms with van der Waals surface area (Å²) >= 11 is 1.85. The molecule has 0 spiro atoms. The smallest absolute Gasteiger partial charge is 0.229 e. The van der Waals surface area contributed by atoms with Gasteiger partial charge in [0.05, 0.1) is 18.5 Å². The Labute approximate surface area is 173 Å². The number of hydrogen-bond acceptors (Lipinski definition) is 4. The van der Waals surface area contributed by atoms with Gasteiger partial charge < -0.3 is 10.6 Å². The molecule has 0 amide bonds. The lowest BCUT2D eigenvalue weighted by Gasteiger charge is -2.12. The third kappa shape index (κ3) is 11.5. The summed E-state index contributed by atoms with van der Waals surface area (Å²) in [7, 11) is -3.30. The van der Waals surface area contributed by atoms with Gasteiger partial charge in [0.25, 0.3) is 0 Å². The highest BCUT2D eigenvalue weighted by molar-refractivity contribution is 14.0. The van der Waals surface area contributed by atoms with Gasteiger partial charge in [-0.3, -0.25) is 4.72 Å². The van der Waals surface area contributed by atoms with Gasteiger partial charge in [-0.15, -0.1) is 24.0 Å². The summed E-state index contributed by atoms with van der Waals surface area (Å²) in [6.07, 6.45) is 5.53. The highest BCUT2D eigenvalue weighted by atomic mass is 127. The molecular weight excluding hydrogens is 471 g/mol. The van der Waals surface area contributed by atoms with Crippen LogP contribution in [0.25, 0.3) is 0 Å². The number of nitrogens with one attached hydrogen (secondary N) is 3. The molecule has 0 aromatic heterocycles. The first kappa shape index (κ1) is 24.3. The number of nitrogens with zero attached hydrogens (tertiary/aromatic N) is 1. The van der Waals surface area contributed by atoms with E-state index in [1.165, 1.54) is 12.2 Å². The average molecular weight is 500 g/mol. The first-order chi connectivity index (χ1) is 11.5. The van der Waals surface area contributed by atoms with Gasteiger partial charge in [0, 0.05) is 13.1 Å². The van der Waals surface area contributed by atoms with Gasteiger partial charge in [0.15, 0.2) is 5.96 Å². The molecule has 0 heterocycles. The van der Waals surface area contributed by atoms with Crippen molar-refractivity contribution in [3.05, 3.63) is 29.8 Å². The number of guanidine groups is 1. The minimum atomic E-state index is -3.30. The van der Waals surface area contributed by atoms with E-state index in [4.69, 9.17) is 0 Å². The van der Waals surface area contributed by atoms with Crippen LogP contribution in [0.2, 0.25) is 0 Å². The Kier molecular flexibility index (Phi) is 13.1. The van der Waals surface area contributed by atoms with E-state index in [9.17, 15) is 8.42 Å². The van der Waals surface area contributed by atoms with E-state index in [0.29, 0.717) is 12.2 Å². The summed E-state index contributed by atoms with van der Waals surface area (Å²) in [5.74, 6) is 1.91. The van der Waals surface area contributed by atoms with Crippen LogP contribution in [0.4, 0.5) is 5.69 Å². The second-order valence-electron chi connectivity index (χ2n) is 5.35. The zero-order valence-electron chi connectivity index (χ0n) is 15.0. The number of aliphatic imine (C=N–C) groups is 1. The summed E-state index contributed by atoms with van der Waals surface area (Å²) < 4.78 is 25.4. The molecule has 0 aliphatic rings. The van der Waals surface area contributed by atoms with E-state index < -0.39 is 10.0 Å². The van der Waals surface area contributed by atoms with Crippen molar-refractivity contribution in [2.24, 2.45) is 4.99 Å². The molecule has 0 saturated carbocycles. The van der Waals surface area contributed by atoms with E-state index in [1.54, 1.807) is 12.1 Å². The second-order valence-corrected chi connectivity index (χ2v) is 8.09. The van der Waals surface area contributed by atoms with Crippen molar-refractivity contribution in [3.8, 4) is 0 Å². The fraction of sp³-hybridized carbons (Fsp3) is 0.562. The number of anilines is 1. The van der Waals surface area contributed by atoms with Crippen LogP contribution in [0.3, 0.4) is 0 Å². The van der Waals surface area contributed by atoms with Crippen LogP contribution in [0, 0.1) is 0 Å². The number of sulfonamides is 1. The molecule has 0 fully saturated rings. The zero-order valence-corrected chi connectivity index (χ0v) is 19.0. The zero-order chi connectivity index (χ0) is 17.8. The third-order valence-electron chi connectivity index (χ3n) is 3.13. The lowest BCUT2D eigenvalue weighted by Crippen LogP contribution is -2.37. The number of halogens is 1. The lowest BCUT2D eigenvalue weighted by molar-refractivity contribution is 0.606. The summed E-state index contributed by atoms with van der Waals surface area (Å²) in [4.78, 5) is 4.55. The largest absolute Gasteiger partial charge is 0.357 e.